The van der Waals surface area contributed by atoms with E-state index in [0.717, 1.165) is 0 Å². The lowest BCUT2D eigenvalue weighted by atomic mass is 10.2. The number of methoxy groups -OCH3 is 1. The summed E-state index contributed by atoms with van der Waals surface area (Å²) in [7, 11) is 1.63. The van der Waals surface area contributed by atoms with Gasteiger partial charge >= 0.3 is 6.03 Å². The molecule has 0 aromatic rings. The molecule has 3 amide bonds. The molecule has 1 saturated heterocycles. The van der Waals surface area contributed by atoms with Gasteiger partial charge in [-0.1, -0.05) is 0 Å². The highest BCUT2D eigenvalue weighted by atomic mass is 16.5. The predicted molar refractivity (Wildman–Crippen MR) is 61.6 cm³/mol. The Morgan fingerprint density at radius 3 is 2.65 bits per heavy atom. The third-order valence-electron chi connectivity index (χ3n) is 2.73. The van der Waals surface area contributed by atoms with E-state index < -0.39 is 0 Å². The fourth-order valence-corrected chi connectivity index (χ4v) is 1.56. The first kappa shape index (κ1) is 13.9. The number of urea groups is 1. The van der Waals surface area contributed by atoms with Crippen molar-refractivity contribution in [1.82, 2.24) is 10.2 Å². The molecular weight excluding hydrogens is 224 g/mol. The first-order chi connectivity index (χ1) is 8.04. The zero-order valence-electron chi connectivity index (χ0n) is 10.6. The summed E-state index contributed by atoms with van der Waals surface area (Å²) in [6, 6.07) is -0.385. The Kier molecular flexibility index (Phi) is 5.37. The lowest BCUT2D eigenvalue weighted by Crippen LogP contribution is -2.53. The first-order valence-electron chi connectivity index (χ1n) is 5.75. The van der Waals surface area contributed by atoms with Crippen LogP contribution in [-0.2, 0) is 14.3 Å². The Hall–Kier alpha value is -1.14. The lowest BCUT2D eigenvalue weighted by Gasteiger charge is -2.32. The quantitative estimate of drug-likeness (QED) is 0.733. The van der Waals surface area contributed by atoms with Gasteiger partial charge in [0.15, 0.2) is 0 Å². The summed E-state index contributed by atoms with van der Waals surface area (Å²) in [5.41, 5.74) is 0. The van der Waals surface area contributed by atoms with Crippen LogP contribution in [0.2, 0.25) is 0 Å². The molecule has 0 spiro atoms. The summed E-state index contributed by atoms with van der Waals surface area (Å²) in [6.07, 6.45) is 0.392. The van der Waals surface area contributed by atoms with Crippen LogP contribution in [0.15, 0.2) is 0 Å². The van der Waals surface area contributed by atoms with Crippen molar-refractivity contribution in [3.05, 3.63) is 0 Å². The number of rotatable bonds is 6. The lowest BCUT2D eigenvalue weighted by molar-refractivity contribution is -0.121. The van der Waals surface area contributed by atoms with Gasteiger partial charge < -0.3 is 14.4 Å². The third-order valence-corrected chi connectivity index (χ3v) is 2.73. The minimum Gasteiger partial charge on any atom is -0.379 e. The van der Waals surface area contributed by atoms with E-state index in [9.17, 15) is 9.59 Å². The summed E-state index contributed by atoms with van der Waals surface area (Å²) in [6.45, 7) is 5.20. The molecule has 1 heterocycles. The van der Waals surface area contributed by atoms with E-state index in [-0.39, 0.29) is 24.1 Å². The number of carbonyl (C=O) groups excluding carboxylic acids is 2. The van der Waals surface area contributed by atoms with Crippen LogP contribution < -0.4 is 5.32 Å². The SMILES string of the molecule is COC(C)COCC(C)N1CCC(=O)NC1=O. The molecule has 1 aliphatic rings. The van der Waals surface area contributed by atoms with E-state index in [1.165, 1.54) is 0 Å². The number of amides is 3. The molecule has 0 aromatic carbocycles. The van der Waals surface area contributed by atoms with Crippen LogP contribution in [0, 0.1) is 0 Å². The third kappa shape index (κ3) is 4.32. The molecule has 1 N–H and O–H groups in total. The van der Waals surface area contributed by atoms with Crippen molar-refractivity contribution in [3.63, 3.8) is 0 Å². The number of hydrogen-bond donors (Lipinski definition) is 1. The number of ether oxygens (including phenoxy) is 2. The van der Waals surface area contributed by atoms with Crippen molar-refractivity contribution < 1.29 is 19.1 Å². The Balaban J connectivity index is 2.29. The van der Waals surface area contributed by atoms with Crippen molar-refractivity contribution in [2.24, 2.45) is 0 Å². The van der Waals surface area contributed by atoms with E-state index >= 15 is 0 Å². The van der Waals surface area contributed by atoms with Crippen molar-refractivity contribution in [1.29, 1.82) is 0 Å². The van der Waals surface area contributed by atoms with Crippen LogP contribution >= 0.6 is 0 Å². The van der Waals surface area contributed by atoms with Gasteiger partial charge in [0.2, 0.25) is 5.91 Å². The highest BCUT2D eigenvalue weighted by Crippen LogP contribution is 2.06. The second-order valence-electron chi connectivity index (χ2n) is 4.23. The Bertz CT molecular complexity index is 283. The molecular formula is C11H20N2O4. The number of hydrogen-bond acceptors (Lipinski definition) is 4. The molecule has 98 valence electrons. The topological polar surface area (TPSA) is 67.9 Å². The minimum absolute atomic E-state index is 0.0407. The van der Waals surface area contributed by atoms with Crippen molar-refractivity contribution in [2.75, 3.05) is 26.9 Å². The van der Waals surface area contributed by atoms with Gasteiger partial charge in [-0.2, -0.15) is 0 Å². The molecule has 6 heteroatoms. The van der Waals surface area contributed by atoms with Gasteiger partial charge in [0.25, 0.3) is 0 Å². The van der Waals surface area contributed by atoms with Crippen LogP contribution in [0.4, 0.5) is 4.79 Å². The average Bonchev–Trinajstić information content (AvgIpc) is 2.28. The van der Waals surface area contributed by atoms with E-state index in [1.54, 1.807) is 12.0 Å². The van der Waals surface area contributed by atoms with Crippen LogP contribution in [-0.4, -0.2) is 55.9 Å². The first-order valence-corrected chi connectivity index (χ1v) is 5.75. The van der Waals surface area contributed by atoms with E-state index in [4.69, 9.17) is 9.47 Å². The van der Waals surface area contributed by atoms with Crippen molar-refractivity contribution >= 4 is 11.9 Å². The molecule has 2 unspecified atom stereocenters. The summed E-state index contributed by atoms with van der Waals surface area (Å²) >= 11 is 0. The van der Waals surface area contributed by atoms with Gasteiger partial charge in [-0.15, -0.1) is 0 Å². The fraction of sp³-hybridized carbons (Fsp3) is 0.818. The van der Waals surface area contributed by atoms with Gasteiger partial charge in [0.05, 0.1) is 25.4 Å². The van der Waals surface area contributed by atoms with E-state index in [0.29, 0.717) is 26.2 Å². The van der Waals surface area contributed by atoms with Crippen molar-refractivity contribution in [2.45, 2.75) is 32.4 Å². The maximum Gasteiger partial charge on any atom is 0.324 e. The van der Waals surface area contributed by atoms with E-state index in [1.807, 2.05) is 13.8 Å². The second kappa shape index (κ2) is 6.56. The maximum atomic E-state index is 11.5. The highest BCUT2D eigenvalue weighted by molar-refractivity contribution is 5.96. The zero-order valence-corrected chi connectivity index (χ0v) is 10.6. The molecule has 0 aromatic heterocycles. The number of carbonyl (C=O) groups is 2. The molecule has 17 heavy (non-hydrogen) atoms. The summed E-state index contributed by atoms with van der Waals surface area (Å²) in [5.74, 6) is -0.215. The number of nitrogens with zero attached hydrogens (tertiary/aromatic N) is 1. The Morgan fingerprint density at radius 2 is 2.06 bits per heavy atom. The second-order valence-corrected chi connectivity index (χ2v) is 4.23. The zero-order chi connectivity index (χ0) is 12.8. The number of nitrogens with one attached hydrogen (secondary N) is 1. The molecule has 6 nitrogen and oxygen atoms in total. The molecule has 0 saturated carbocycles. The standard InChI is InChI=1S/C11H20N2O4/c1-8(6-17-7-9(2)16-3)13-5-4-10(14)12-11(13)15/h8-9H,4-7H2,1-3H3,(H,12,14,15). The molecule has 0 radical (unpaired) electrons. The monoisotopic (exact) mass is 244 g/mol. The predicted octanol–water partition coefficient (Wildman–Crippen LogP) is 0.368. The van der Waals surface area contributed by atoms with Gasteiger partial charge in [-0.3, -0.25) is 10.1 Å². The Labute approximate surface area is 101 Å². The largest absolute Gasteiger partial charge is 0.379 e. The molecule has 1 rings (SSSR count). The summed E-state index contributed by atoms with van der Waals surface area (Å²) in [4.78, 5) is 24.1. The number of imide groups is 1. The molecule has 1 fully saturated rings. The molecule has 2 atom stereocenters. The minimum atomic E-state index is -0.336. The van der Waals surface area contributed by atoms with Crippen LogP contribution in [0.1, 0.15) is 20.3 Å². The normalized spacial score (nSPS) is 20.1. The Morgan fingerprint density at radius 1 is 1.35 bits per heavy atom. The molecule has 0 bridgehead atoms. The summed E-state index contributed by atoms with van der Waals surface area (Å²) in [5, 5.41) is 2.29. The van der Waals surface area contributed by atoms with Crippen LogP contribution in [0.3, 0.4) is 0 Å². The molecule has 0 aliphatic carbocycles. The van der Waals surface area contributed by atoms with Crippen LogP contribution in [0.5, 0.6) is 0 Å². The van der Waals surface area contributed by atoms with Crippen molar-refractivity contribution in [3.8, 4) is 0 Å². The molecule has 1 aliphatic heterocycles. The highest BCUT2D eigenvalue weighted by Gasteiger charge is 2.26. The van der Waals surface area contributed by atoms with E-state index in [2.05, 4.69) is 5.32 Å². The fourth-order valence-electron chi connectivity index (χ4n) is 1.56. The smallest absolute Gasteiger partial charge is 0.324 e. The van der Waals surface area contributed by atoms with Gasteiger partial charge in [0.1, 0.15) is 0 Å². The summed E-state index contributed by atoms with van der Waals surface area (Å²) < 4.78 is 10.5. The van der Waals surface area contributed by atoms with Crippen LogP contribution in [0.25, 0.3) is 0 Å². The van der Waals surface area contributed by atoms with Gasteiger partial charge in [-0.25, -0.2) is 4.79 Å². The van der Waals surface area contributed by atoms with Gasteiger partial charge in [-0.05, 0) is 13.8 Å². The maximum absolute atomic E-state index is 11.5. The average molecular weight is 244 g/mol. The van der Waals surface area contributed by atoms with Gasteiger partial charge in [0, 0.05) is 20.1 Å².